The lowest BCUT2D eigenvalue weighted by Crippen LogP contribution is -2.52. The van der Waals surface area contributed by atoms with Crippen LogP contribution in [0.25, 0.3) is 0 Å². The van der Waals surface area contributed by atoms with Crippen LogP contribution in [0.5, 0.6) is 0 Å². The molecule has 6 heteroatoms. The van der Waals surface area contributed by atoms with E-state index in [0.717, 1.165) is 12.8 Å². The highest BCUT2D eigenvalue weighted by atomic mass is 16.4. The quantitative estimate of drug-likeness (QED) is 0.700. The number of nitrogens with one attached hydrogen (secondary N) is 1. The molecule has 1 saturated heterocycles. The smallest absolute Gasteiger partial charge is 0.317 e. The maximum Gasteiger partial charge on any atom is 0.317 e. The van der Waals surface area contributed by atoms with Crippen LogP contribution in [0.2, 0.25) is 0 Å². The summed E-state index contributed by atoms with van der Waals surface area (Å²) in [5, 5.41) is 21.2. The van der Waals surface area contributed by atoms with E-state index in [2.05, 4.69) is 5.32 Å². The van der Waals surface area contributed by atoms with Crippen LogP contribution in [-0.2, 0) is 4.79 Å². The number of hydrogen-bond donors (Lipinski definition) is 3. The molecule has 2 amide bonds. The van der Waals surface area contributed by atoms with E-state index in [4.69, 9.17) is 0 Å². The van der Waals surface area contributed by atoms with E-state index in [1.807, 2.05) is 6.92 Å². The third-order valence-electron chi connectivity index (χ3n) is 4.67. The Bertz CT molecular complexity index is 368. The first kappa shape index (κ1) is 14.1. The summed E-state index contributed by atoms with van der Waals surface area (Å²) in [6.07, 6.45) is 3.04. The van der Waals surface area contributed by atoms with Gasteiger partial charge in [-0.2, -0.15) is 0 Å². The van der Waals surface area contributed by atoms with Crippen molar-refractivity contribution in [3.63, 3.8) is 0 Å². The summed E-state index contributed by atoms with van der Waals surface area (Å²) in [5.41, 5.74) is -0.768. The molecule has 3 N–H and O–H groups in total. The van der Waals surface area contributed by atoms with Gasteiger partial charge in [-0.15, -0.1) is 0 Å². The second-order valence-electron chi connectivity index (χ2n) is 5.81. The molecule has 108 valence electrons. The van der Waals surface area contributed by atoms with Gasteiger partial charge in [-0.25, -0.2) is 4.79 Å². The minimum absolute atomic E-state index is 0.0430. The van der Waals surface area contributed by atoms with E-state index in [0.29, 0.717) is 19.4 Å². The Hall–Kier alpha value is -1.30. The Morgan fingerprint density at radius 2 is 2.11 bits per heavy atom. The van der Waals surface area contributed by atoms with Crippen LogP contribution in [0.15, 0.2) is 0 Å². The number of rotatable bonds is 4. The van der Waals surface area contributed by atoms with E-state index in [9.17, 15) is 19.8 Å². The normalized spacial score (nSPS) is 28.8. The number of carboxylic acids is 1. The molecule has 2 fully saturated rings. The van der Waals surface area contributed by atoms with Crippen LogP contribution < -0.4 is 5.32 Å². The molecule has 2 rings (SSSR count). The number of hydrogen-bond acceptors (Lipinski definition) is 3. The van der Waals surface area contributed by atoms with Crippen molar-refractivity contribution in [2.75, 3.05) is 19.7 Å². The zero-order valence-corrected chi connectivity index (χ0v) is 11.3. The van der Waals surface area contributed by atoms with Crippen LogP contribution in [0.1, 0.15) is 32.6 Å². The van der Waals surface area contributed by atoms with Crippen molar-refractivity contribution in [2.24, 2.45) is 11.3 Å². The summed E-state index contributed by atoms with van der Waals surface area (Å²) < 4.78 is 0. The van der Waals surface area contributed by atoms with Crippen molar-refractivity contribution in [2.45, 2.75) is 38.6 Å². The number of carbonyl (C=O) groups excluding carboxylic acids is 1. The first-order valence-electron chi connectivity index (χ1n) is 6.89. The van der Waals surface area contributed by atoms with Gasteiger partial charge in [-0.1, -0.05) is 13.3 Å². The van der Waals surface area contributed by atoms with Crippen LogP contribution in [0.4, 0.5) is 4.79 Å². The van der Waals surface area contributed by atoms with Gasteiger partial charge in [0.25, 0.3) is 0 Å². The van der Waals surface area contributed by atoms with Crippen LogP contribution in [-0.4, -0.2) is 52.9 Å². The zero-order valence-electron chi connectivity index (χ0n) is 11.3. The Morgan fingerprint density at radius 1 is 1.42 bits per heavy atom. The van der Waals surface area contributed by atoms with E-state index < -0.39 is 11.4 Å². The van der Waals surface area contributed by atoms with Gasteiger partial charge in [-0.3, -0.25) is 4.79 Å². The number of carbonyl (C=O) groups is 2. The third kappa shape index (κ3) is 2.54. The Labute approximate surface area is 112 Å². The predicted molar refractivity (Wildman–Crippen MR) is 68.7 cm³/mol. The average molecular weight is 270 g/mol. The van der Waals surface area contributed by atoms with E-state index >= 15 is 0 Å². The SMILES string of the molecule is CC1CCN(C(=O)NCC2(C(=O)O)CCC2)C1CO. The van der Waals surface area contributed by atoms with Crippen molar-refractivity contribution in [3.05, 3.63) is 0 Å². The number of carboxylic acid groups (broad SMARTS) is 1. The number of aliphatic hydroxyl groups excluding tert-OH is 1. The van der Waals surface area contributed by atoms with E-state index in [1.165, 1.54) is 0 Å². The van der Waals surface area contributed by atoms with Gasteiger partial charge in [0, 0.05) is 13.1 Å². The molecule has 0 aromatic rings. The Kier molecular flexibility index (Phi) is 3.99. The minimum atomic E-state index is -0.826. The Morgan fingerprint density at radius 3 is 2.58 bits per heavy atom. The fourth-order valence-electron chi connectivity index (χ4n) is 2.95. The average Bonchev–Trinajstić information content (AvgIpc) is 2.68. The Balaban J connectivity index is 1.89. The molecule has 1 saturated carbocycles. The molecule has 1 aliphatic carbocycles. The first-order chi connectivity index (χ1) is 9.00. The lowest BCUT2D eigenvalue weighted by molar-refractivity contribution is -0.153. The summed E-state index contributed by atoms with van der Waals surface area (Å²) in [4.78, 5) is 24.9. The monoisotopic (exact) mass is 270 g/mol. The molecule has 2 atom stereocenters. The van der Waals surface area contributed by atoms with E-state index in [1.54, 1.807) is 4.90 Å². The number of aliphatic carboxylic acids is 1. The van der Waals surface area contributed by atoms with Gasteiger partial charge < -0.3 is 20.4 Å². The maximum absolute atomic E-state index is 12.1. The molecule has 1 aliphatic heterocycles. The van der Waals surface area contributed by atoms with Crippen molar-refractivity contribution in [3.8, 4) is 0 Å². The highest BCUT2D eigenvalue weighted by molar-refractivity contribution is 5.79. The second kappa shape index (κ2) is 5.36. The molecule has 1 heterocycles. The van der Waals surface area contributed by atoms with Gasteiger partial charge in [-0.05, 0) is 25.2 Å². The fourth-order valence-corrected chi connectivity index (χ4v) is 2.95. The third-order valence-corrected chi connectivity index (χ3v) is 4.67. The summed E-state index contributed by atoms with van der Waals surface area (Å²) in [5.74, 6) is -0.541. The molecule has 0 aromatic carbocycles. The van der Waals surface area contributed by atoms with Crippen LogP contribution in [0, 0.1) is 11.3 Å². The molecule has 0 radical (unpaired) electrons. The second-order valence-corrected chi connectivity index (χ2v) is 5.81. The highest BCUT2D eigenvalue weighted by Gasteiger charge is 2.45. The molecule has 0 spiro atoms. The molecular formula is C13H22N2O4. The van der Waals surface area contributed by atoms with Crippen molar-refractivity contribution < 1.29 is 19.8 Å². The number of nitrogens with zero attached hydrogens (tertiary/aromatic N) is 1. The summed E-state index contributed by atoms with van der Waals surface area (Å²) in [7, 11) is 0. The van der Waals surface area contributed by atoms with Gasteiger partial charge >= 0.3 is 12.0 Å². The van der Waals surface area contributed by atoms with Crippen LogP contribution >= 0.6 is 0 Å². The summed E-state index contributed by atoms with van der Waals surface area (Å²) in [6, 6.07) is -0.405. The number of likely N-dealkylation sites (tertiary alicyclic amines) is 1. The number of urea groups is 1. The maximum atomic E-state index is 12.1. The van der Waals surface area contributed by atoms with Crippen molar-refractivity contribution in [1.29, 1.82) is 0 Å². The van der Waals surface area contributed by atoms with Gasteiger partial charge in [0.05, 0.1) is 18.1 Å². The molecule has 2 aliphatic rings. The fraction of sp³-hybridized carbons (Fsp3) is 0.846. The largest absolute Gasteiger partial charge is 0.481 e. The highest BCUT2D eigenvalue weighted by Crippen LogP contribution is 2.40. The topological polar surface area (TPSA) is 89.9 Å². The van der Waals surface area contributed by atoms with Crippen molar-refractivity contribution >= 4 is 12.0 Å². The summed E-state index contributed by atoms with van der Waals surface area (Å²) >= 11 is 0. The predicted octanol–water partition coefficient (Wildman–Crippen LogP) is 0.654. The standard InChI is InChI=1S/C13H22N2O4/c1-9-3-6-15(10(9)7-16)12(19)14-8-13(11(17)18)4-2-5-13/h9-10,16H,2-8H2,1H3,(H,14,19)(H,17,18). The van der Waals surface area contributed by atoms with Gasteiger partial charge in [0.1, 0.15) is 0 Å². The van der Waals surface area contributed by atoms with Gasteiger partial charge in [0.2, 0.25) is 0 Å². The molecule has 0 bridgehead atoms. The van der Waals surface area contributed by atoms with Crippen molar-refractivity contribution in [1.82, 2.24) is 10.2 Å². The van der Waals surface area contributed by atoms with E-state index in [-0.39, 0.29) is 31.1 Å². The molecule has 6 nitrogen and oxygen atoms in total. The minimum Gasteiger partial charge on any atom is -0.481 e. The summed E-state index contributed by atoms with van der Waals surface area (Å²) in [6.45, 7) is 2.78. The number of amides is 2. The lowest BCUT2D eigenvalue weighted by Gasteiger charge is -2.38. The van der Waals surface area contributed by atoms with Crippen LogP contribution in [0.3, 0.4) is 0 Å². The molecule has 19 heavy (non-hydrogen) atoms. The molecule has 0 aromatic heterocycles. The first-order valence-corrected chi connectivity index (χ1v) is 6.89. The van der Waals surface area contributed by atoms with Gasteiger partial charge in [0.15, 0.2) is 0 Å². The number of aliphatic hydroxyl groups is 1. The molecule has 2 unspecified atom stereocenters. The lowest BCUT2D eigenvalue weighted by atomic mass is 9.69. The zero-order chi connectivity index (χ0) is 14.0. The molecular weight excluding hydrogens is 248 g/mol.